The van der Waals surface area contributed by atoms with Crippen molar-refractivity contribution in [2.75, 3.05) is 32.8 Å². The lowest BCUT2D eigenvalue weighted by atomic mass is 9.91. The SMILES string of the molecule is O=C(CCN1CCOCC1)N1N=C(c2c(-c3ccccc3)c3cc(Br)ccc3[nH]c2=O)C[C@H]1c1ccccc1. The highest BCUT2D eigenvalue weighted by atomic mass is 79.9. The van der Waals surface area contributed by atoms with Crippen molar-refractivity contribution >= 4 is 38.5 Å². The van der Waals surface area contributed by atoms with Crippen LogP contribution in [0.4, 0.5) is 0 Å². The second-order valence-corrected chi connectivity index (χ2v) is 10.8. The molecule has 7 nitrogen and oxygen atoms in total. The number of hydrogen-bond donors (Lipinski definition) is 1. The number of nitrogens with zero attached hydrogens (tertiary/aromatic N) is 3. The largest absolute Gasteiger partial charge is 0.379 e. The number of carbonyl (C=O) groups excluding carboxylic acids is 1. The molecular formula is C31H29BrN4O3. The van der Waals surface area contributed by atoms with Gasteiger partial charge in [-0.1, -0.05) is 76.6 Å². The lowest BCUT2D eigenvalue weighted by molar-refractivity contribution is -0.133. The number of ether oxygens (including phenoxy) is 1. The van der Waals surface area contributed by atoms with Gasteiger partial charge in [0.25, 0.3) is 5.56 Å². The number of aromatic amines is 1. The van der Waals surface area contributed by atoms with Gasteiger partial charge in [-0.3, -0.25) is 14.5 Å². The van der Waals surface area contributed by atoms with Gasteiger partial charge in [-0.2, -0.15) is 5.10 Å². The third-order valence-electron chi connectivity index (χ3n) is 7.42. The van der Waals surface area contributed by atoms with Gasteiger partial charge in [-0.05, 0) is 29.3 Å². The maximum Gasteiger partial charge on any atom is 0.258 e. The predicted octanol–water partition coefficient (Wildman–Crippen LogP) is 5.36. The van der Waals surface area contributed by atoms with Crippen LogP contribution in [0.15, 0.2) is 93.2 Å². The van der Waals surface area contributed by atoms with Crippen molar-refractivity contribution < 1.29 is 9.53 Å². The average Bonchev–Trinajstić information content (AvgIpc) is 3.42. The zero-order chi connectivity index (χ0) is 26.8. The number of H-pyrrole nitrogens is 1. The molecule has 3 aromatic carbocycles. The fourth-order valence-corrected chi connectivity index (χ4v) is 5.83. The Hall–Kier alpha value is -3.59. The van der Waals surface area contributed by atoms with Crippen LogP contribution in [0, 0.1) is 0 Å². The third-order valence-corrected chi connectivity index (χ3v) is 7.92. The molecule has 1 N–H and O–H groups in total. The number of hydrogen-bond acceptors (Lipinski definition) is 5. The van der Waals surface area contributed by atoms with Gasteiger partial charge in [-0.15, -0.1) is 0 Å². The van der Waals surface area contributed by atoms with Crippen LogP contribution in [-0.4, -0.2) is 59.4 Å². The molecule has 1 amide bonds. The first-order valence-corrected chi connectivity index (χ1v) is 14.0. The number of pyridine rings is 1. The summed E-state index contributed by atoms with van der Waals surface area (Å²) in [5.41, 5.74) is 4.42. The summed E-state index contributed by atoms with van der Waals surface area (Å²) in [4.78, 5) is 32.6. The van der Waals surface area contributed by atoms with Gasteiger partial charge in [0, 0.05) is 53.4 Å². The summed E-state index contributed by atoms with van der Waals surface area (Å²) in [6.07, 6.45) is 0.808. The van der Waals surface area contributed by atoms with E-state index in [1.807, 2.05) is 78.9 Å². The molecule has 198 valence electrons. The number of amides is 1. The number of nitrogens with one attached hydrogen (secondary N) is 1. The molecular weight excluding hydrogens is 556 g/mol. The van der Waals surface area contributed by atoms with Crippen molar-refractivity contribution in [3.05, 3.63) is 105 Å². The van der Waals surface area contributed by atoms with Gasteiger partial charge in [0.15, 0.2) is 0 Å². The zero-order valence-corrected chi connectivity index (χ0v) is 23.1. The number of fused-ring (bicyclic) bond motifs is 1. The highest BCUT2D eigenvalue weighted by Gasteiger charge is 2.35. The molecule has 1 aromatic heterocycles. The molecule has 0 aliphatic carbocycles. The molecule has 0 saturated carbocycles. The molecule has 0 radical (unpaired) electrons. The Labute approximate surface area is 235 Å². The number of aromatic nitrogens is 1. The van der Waals surface area contributed by atoms with E-state index in [1.54, 1.807) is 5.01 Å². The first-order chi connectivity index (χ1) is 19.1. The normalized spacial score (nSPS) is 17.9. The minimum absolute atomic E-state index is 0.0495. The molecule has 0 unspecified atom stereocenters. The topological polar surface area (TPSA) is 78.0 Å². The molecule has 1 fully saturated rings. The Kier molecular flexibility index (Phi) is 7.41. The Balaban J connectivity index is 1.44. The summed E-state index contributed by atoms with van der Waals surface area (Å²) in [7, 11) is 0. The van der Waals surface area contributed by atoms with E-state index in [-0.39, 0.29) is 17.5 Å². The van der Waals surface area contributed by atoms with Crippen molar-refractivity contribution in [1.82, 2.24) is 14.9 Å². The number of halogens is 1. The van der Waals surface area contributed by atoms with Crippen LogP contribution < -0.4 is 5.56 Å². The Bertz CT molecular complexity index is 1580. The summed E-state index contributed by atoms with van der Waals surface area (Å²) >= 11 is 3.60. The molecule has 1 saturated heterocycles. The van der Waals surface area contributed by atoms with Crippen molar-refractivity contribution in [3.63, 3.8) is 0 Å². The molecule has 8 heteroatoms. The molecule has 1 atom stereocenters. The van der Waals surface area contributed by atoms with Crippen LogP contribution in [0.3, 0.4) is 0 Å². The van der Waals surface area contributed by atoms with Gasteiger partial charge in [0.05, 0.1) is 30.5 Å². The maximum atomic E-state index is 13.7. The van der Waals surface area contributed by atoms with Gasteiger partial charge in [0.1, 0.15) is 0 Å². The fourth-order valence-electron chi connectivity index (χ4n) is 5.46. The van der Waals surface area contributed by atoms with Crippen molar-refractivity contribution in [1.29, 1.82) is 0 Å². The van der Waals surface area contributed by atoms with Crippen LogP contribution >= 0.6 is 15.9 Å². The zero-order valence-electron chi connectivity index (χ0n) is 21.5. The van der Waals surface area contributed by atoms with Crippen LogP contribution in [0.1, 0.15) is 30.0 Å². The first kappa shape index (κ1) is 25.7. The first-order valence-electron chi connectivity index (χ1n) is 13.2. The van der Waals surface area contributed by atoms with E-state index in [2.05, 4.69) is 25.8 Å². The lowest BCUT2D eigenvalue weighted by Gasteiger charge is -2.27. The van der Waals surface area contributed by atoms with Crippen LogP contribution in [0.5, 0.6) is 0 Å². The van der Waals surface area contributed by atoms with E-state index < -0.39 is 0 Å². The molecule has 2 aliphatic rings. The molecule has 6 rings (SSSR count). The smallest absolute Gasteiger partial charge is 0.258 e. The molecule has 4 aromatic rings. The summed E-state index contributed by atoms with van der Waals surface area (Å²) < 4.78 is 6.36. The van der Waals surface area contributed by atoms with Crippen LogP contribution in [-0.2, 0) is 9.53 Å². The van der Waals surface area contributed by atoms with E-state index in [9.17, 15) is 9.59 Å². The number of rotatable bonds is 6. The summed E-state index contributed by atoms with van der Waals surface area (Å²) in [5.74, 6) is -0.0495. The van der Waals surface area contributed by atoms with E-state index in [0.29, 0.717) is 43.9 Å². The van der Waals surface area contributed by atoms with Crippen molar-refractivity contribution in [3.8, 4) is 11.1 Å². The van der Waals surface area contributed by atoms with E-state index >= 15 is 0 Å². The molecule has 2 aliphatic heterocycles. The Morgan fingerprint density at radius 3 is 2.44 bits per heavy atom. The van der Waals surface area contributed by atoms with E-state index in [4.69, 9.17) is 9.84 Å². The average molecular weight is 586 g/mol. The standard InChI is InChI=1S/C31H29BrN4O3/c32-23-11-12-25-24(19-23)29(22-9-5-2-6-10-22)30(31(38)33-25)26-20-27(21-7-3-1-4-8-21)36(34-26)28(37)13-14-35-15-17-39-18-16-35/h1-12,19,27H,13-18,20H2,(H,33,38)/t27-/m0/s1. The highest BCUT2D eigenvalue weighted by molar-refractivity contribution is 9.10. The van der Waals surface area contributed by atoms with E-state index in [1.165, 1.54) is 0 Å². The fraction of sp³-hybridized carbons (Fsp3) is 0.258. The van der Waals surface area contributed by atoms with Crippen molar-refractivity contribution in [2.24, 2.45) is 5.10 Å². The minimum Gasteiger partial charge on any atom is -0.379 e. The van der Waals surface area contributed by atoms with E-state index in [0.717, 1.165) is 45.2 Å². The molecule has 0 bridgehead atoms. The molecule has 0 spiro atoms. The lowest BCUT2D eigenvalue weighted by Crippen LogP contribution is -2.39. The van der Waals surface area contributed by atoms with Gasteiger partial charge in [0.2, 0.25) is 5.91 Å². The Morgan fingerprint density at radius 1 is 0.974 bits per heavy atom. The minimum atomic E-state index is -0.278. The number of morpholine rings is 1. The van der Waals surface area contributed by atoms with Gasteiger partial charge < -0.3 is 9.72 Å². The highest BCUT2D eigenvalue weighted by Crippen LogP contribution is 2.37. The summed E-state index contributed by atoms with van der Waals surface area (Å²) in [5, 5.41) is 7.40. The summed E-state index contributed by atoms with van der Waals surface area (Å²) in [6.45, 7) is 3.69. The Morgan fingerprint density at radius 2 is 1.69 bits per heavy atom. The van der Waals surface area contributed by atoms with Gasteiger partial charge >= 0.3 is 0 Å². The van der Waals surface area contributed by atoms with Crippen molar-refractivity contribution in [2.45, 2.75) is 18.9 Å². The number of carbonyl (C=O) groups is 1. The second-order valence-electron chi connectivity index (χ2n) is 9.88. The van der Waals surface area contributed by atoms with Gasteiger partial charge in [-0.25, -0.2) is 5.01 Å². The molecule has 3 heterocycles. The predicted molar refractivity (Wildman–Crippen MR) is 157 cm³/mol. The molecule has 39 heavy (non-hydrogen) atoms. The third kappa shape index (κ3) is 5.32. The number of hydrazone groups is 1. The van der Waals surface area contributed by atoms with Crippen LogP contribution in [0.25, 0.3) is 22.0 Å². The quantitative estimate of drug-likeness (QED) is 0.331. The number of benzene rings is 3. The second kappa shape index (κ2) is 11.3. The maximum absolute atomic E-state index is 13.7. The van der Waals surface area contributed by atoms with Crippen LogP contribution in [0.2, 0.25) is 0 Å². The summed E-state index contributed by atoms with van der Waals surface area (Å²) in [6, 6.07) is 25.4. The monoisotopic (exact) mass is 584 g/mol.